The number of nitrogens with zero attached hydrogens (tertiary/aromatic N) is 1. The molecule has 1 spiro atoms. The zero-order valence-corrected chi connectivity index (χ0v) is 18.9. The quantitative estimate of drug-likeness (QED) is 0.409. The topological polar surface area (TPSA) is 82.1 Å². The molecular formula is C25H27NO6. The van der Waals surface area contributed by atoms with Crippen molar-refractivity contribution in [1.82, 2.24) is 0 Å². The molecule has 0 fully saturated rings. The number of benzene rings is 1. The van der Waals surface area contributed by atoms with E-state index in [4.69, 9.17) is 14.2 Å². The molecule has 168 valence electrons. The summed E-state index contributed by atoms with van der Waals surface area (Å²) in [7, 11) is 2.85. The van der Waals surface area contributed by atoms with Crippen molar-refractivity contribution < 1.29 is 28.6 Å². The van der Waals surface area contributed by atoms with Gasteiger partial charge in [0.15, 0.2) is 0 Å². The van der Waals surface area contributed by atoms with Crippen molar-refractivity contribution in [3.63, 3.8) is 0 Å². The highest BCUT2D eigenvalue weighted by atomic mass is 16.6. The Kier molecular flexibility index (Phi) is 5.33. The molecule has 0 aromatic heterocycles. The lowest BCUT2D eigenvalue weighted by molar-refractivity contribution is -0.148. The van der Waals surface area contributed by atoms with Crippen molar-refractivity contribution in [2.75, 3.05) is 25.9 Å². The smallest absolute Gasteiger partial charge is 0.334 e. The van der Waals surface area contributed by atoms with E-state index in [0.29, 0.717) is 11.1 Å². The van der Waals surface area contributed by atoms with Gasteiger partial charge in [0.25, 0.3) is 0 Å². The van der Waals surface area contributed by atoms with Gasteiger partial charge in [0.1, 0.15) is 17.7 Å². The summed E-state index contributed by atoms with van der Waals surface area (Å²) in [6.45, 7) is 5.47. The summed E-state index contributed by atoms with van der Waals surface area (Å²) in [4.78, 5) is 40.7. The second-order valence-corrected chi connectivity index (χ2v) is 9.14. The normalized spacial score (nSPS) is 27.0. The van der Waals surface area contributed by atoms with Gasteiger partial charge < -0.3 is 14.2 Å². The highest BCUT2D eigenvalue weighted by Gasteiger charge is 2.59. The van der Waals surface area contributed by atoms with E-state index < -0.39 is 34.8 Å². The van der Waals surface area contributed by atoms with E-state index in [2.05, 4.69) is 0 Å². The van der Waals surface area contributed by atoms with Gasteiger partial charge in [-0.3, -0.25) is 9.69 Å². The Balaban J connectivity index is 1.89. The summed E-state index contributed by atoms with van der Waals surface area (Å²) in [6, 6.07) is 7.52. The summed E-state index contributed by atoms with van der Waals surface area (Å²) >= 11 is 0. The molecule has 0 unspecified atom stereocenters. The van der Waals surface area contributed by atoms with Crippen LogP contribution in [-0.2, 0) is 34.0 Å². The van der Waals surface area contributed by atoms with Crippen LogP contribution in [0.15, 0.2) is 59.7 Å². The number of rotatable bonds is 4. The lowest BCUT2D eigenvalue weighted by atomic mass is 9.65. The minimum absolute atomic E-state index is 0.0975. The number of anilines is 1. The molecule has 7 heteroatoms. The summed E-state index contributed by atoms with van der Waals surface area (Å²) in [5.74, 6) is -2.16. The maximum atomic E-state index is 13.8. The molecule has 1 amide bonds. The van der Waals surface area contributed by atoms with Crippen LogP contribution in [0.3, 0.4) is 0 Å². The van der Waals surface area contributed by atoms with Crippen molar-refractivity contribution in [3.8, 4) is 0 Å². The fourth-order valence-corrected chi connectivity index (χ4v) is 4.90. The number of carbonyl (C=O) groups is 3. The predicted molar refractivity (Wildman–Crippen MR) is 118 cm³/mol. The van der Waals surface area contributed by atoms with Gasteiger partial charge in [0, 0.05) is 30.6 Å². The molecule has 0 N–H and O–H groups in total. The average molecular weight is 437 g/mol. The van der Waals surface area contributed by atoms with Crippen LogP contribution in [0.25, 0.3) is 0 Å². The van der Waals surface area contributed by atoms with Crippen LogP contribution in [-0.4, -0.2) is 44.4 Å². The molecular weight excluding hydrogens is 410 g/mol. The summed E-state index contributed by atoms with van der Waals surface area (Å²) in [5.41, 5.74) is 0.854. The summed E-state index contributed by atoms with van der Waals surface area (Å²) in [5, 5.41) is 0. The van der Waals surface area contributed by atoms with E-state index in [1.54, 1.807) is 31.7 Å². The third-order valence-corrected chi connectivity index (χ3v) is 6.05. The highest BCUT2D eigenvalue weighted by Crippen LogP contribution is 2.57. The Morgan fingerprint density at radius 3 is 2.56 bits per heavy atom. The minimum Gasteiger partial charge on any atom is -0.466 e. The zero-order chi connectivity index (χ0) is 23.3. The highest BCUT2D eigenvalue weighted by molar-refractivity contribution is 6.11. The molecule has 4 rings (SSSR count). The molecule has 0 saturated heterocycles. The molecule has 0 radical (unpaired) electrons. The first-order valence-corrected chi connectivity index (χ1v) is 10.5. The largest absolute Gasteiger partial charge is 0.466 e. The number of hydrogen-bond donors (Lipinski definition) is 0. The van der Waals surface area contributed by atoms with Crippen molar-refractivity contribution >= 4 is 23.5 Å². The standard InChI is InChI=1S/C25H27NO6/c1-24(2,3)32-21(27)13-16-15-10-11-25(19(16)12-17(15)22(28)31-5)18-8-6-7-9-20(18)26(14-30-4)23(25)29/h6-13,15,19H,14H2,1-5H3/b16-13-/t15-,19-,25+/m0/s1. The van der Waals surface area contributed by atoms with Crippen molar-refractivity contribution in [1.29, 1.82) is 0 Å². The van der Waals surface area contributed by atoms with Crippen LogP contribution >= 0.6 is 0 Å². The van der Waals surface area contributed by atoms with E-state index in [9.17, 15) is 14.4 Å². The van der Waals surface area contributed by atoms with Crippen LogP contribution in [0.5, 0.6) is 0 Å². The van der Waals surface area contributed by atoms with Crippen LogP contribution in [0.4, 0.5) is 5.69 Å². The van der Waals surface area contributed by atoms with Gasteiger partial charge in [-0.2, -0.15) is 0 Å². The number of amides is 1. The molecule has 1 aliphatic heterocycles. The number of para-hydroxylation sites is 1. The molecule has 3 aliphatic rings. The summed E-state index contributed by atoms with van der Waals surface area (Å²) < 4.78 is 15.8. The fraction of sp³-hybridized carbons (Fsp3) is 0.400. The number of esters is 2. The maximum Gasteiger partial charge on any atom is 0.334 e. The van der Waals surface area contributed by atoms with Crippen molar-refractivity contribution in [3.05, 3.63) is 65.3 Å². The molecule has 32 heavy (non-hydrogen) atoms. The molecule has 0 saturated carbocycles. The van der Waals surface area contributed by atoms with E-state index in [-0.39, 0.29) is 12.6 Å². The zero-order valence-electron chi connectivity index (χ0n) is 18.9. The van der Waals surface area contributed by atoms with E-state index in [0.717, 1.165) is 11.3 Å². The second kappa shape index (κ2) is 7.74. The first kappa shape index (κ1) is 22.0. The molecule has 1 aromatic rings. The lowest BCUT2D eigenvalue weighted by Crippen LogP contribution is -2.46. The van der Waals surface area contributed by atoms with Crippen LogP contribution in [0, 0.1) is 11.8 Å². The average Bonchev–Trinajstić information content (AvgIpc) is 3.11. The SMILES string of the molecule is COCN1C(=O)[C@]2(C=C[C@@H]3C(C(=O)OC)=C[C@H]2/C3=C\C(=O)OC(C)(C)C)c2ccccc21. The van der Waals surface area contributed by atoms with Gasteiger partial charge in [0.05, 0.1) is 12.8 Å². The van der Waals surface area contributed by atoms with Gasteiger partial charge in [-0.1, -0.05) is 36.4 Å². The Hall–Kier alpha value is -3.19. The number of ether oxygens (including phenoxy) is 3. The van der Waals surface area contributed by atoms with Crippen LogP contribution < -0.4 is 4.90 Å². The van der Waals surface area contributed by atoms with Gasteiger partial charge in [-0.15, -0.1) is 0 Å². The molecule has 3 atom stereocenters. The van der Waals surface area contributed by atoms with Crippen LogP contribution in [0.1, 0.15) is 26.3 Å². The van der Waals surface area contributed by atoms with Crippen LogP contribution in [0.2, 0.25) is 0 Å². The number of allylic oxidation sites excluding steroid dienone is 3. The Morgan fingerprint density at radius 2 is 1.91 bits per heavy atom. The molecule has 2 aliphatic carbocycles. The monoisotopic (exact) mass is 437 g/mol. The minimum atomic E-state index is -1.09. The lowest BCUT2D eigenvalue weighted by Gasteiger charge is -2.36. The number of hydrogen-bond acceptors (Lipinski definition) is 6. The molecule has 1 heterocycles. The maximum absolute atomic E-state index is 13.8. The second-order valence-electron chi connectivity index (χ2n) is 9.14. The Morgan fingerprint density at radius 1 is 1.19 bits per heavy atom. The van der Waals surface area contributed by atoms with E-state index in [1.807, 2.05) is 36.4 Å². The third-order valence-electron chi connectivity index (χ3n) is 6.05. The number of fused-ring (bicyclic) bond motifs is 5. The van der Waals surface area contributed by atoms with Gasteiger partial charge >= 0.3 is 11.9 Å². The fourth-order valence-electron chi connectivity index (χ4n) is 4.90. The third kappa shape index (κ3) is 3.28. The first-order chi connectivity index (χ1) is 15.1. The van der Waals surface area contributed by atoms with E-state index in [1.165, 1.54) is 20.3 Å². The molecule has 7 nitrogen and oxygen atoms in total. The van der Waals surface area contributed by atoms with Crippen molar-refractivity contribution in [2.45, 2.75) is 31.8 Å². The van der Waals surface area contributed by atoms with Crippen molar-refractivity contribution in [2.24, 2.45) is 11.8 Å². The van der Waals surface area contributed by atoms with Gasteiger partial charge in [0.2, 0.25) is 5.91 Å². The Labute approximate surface area is 187 Å². The molecule has 1 aromatic carbocycles. The number of carbonyl (C=O) groups excluding carboxylic acids is 3. The van der Waals surface area contributed by atoms with Gasteiger partial charge in [-0.25, -0.2) is 9.59 Å². The van der Waals surface area contributed by atoms with E-state index >= 15 is 0 Å². The first-order valence-electron chi connectivity index (χ1n) is 10.5. The predicted octanol–water partition coefficient (Wildman–Crippen LogP) is 3.06. The number of methoxy groups -OCH3 is 2. The Bertz CT molecular complexity index is 1080. The molecule has 2 bridgehead atoms. The van der Waals surface area contributed by atoms with Gasteiger partial charge in [-0.05, 0) is 38.0 Å². The summed E-state index contributed by atoms with van der Waals surface area (Å²) in [6.07, 6.45) is 6.86.